The number of likely N-dealkylation sites (tertiary alicyclic amines) is 1. The number of nitrogens with zero attached hydrogens (tertiary/aromatic N) is 1. The normalized spacial score (nSPS) is 27.7. The molecule has 0 aliphatic carbocycles. The van der Waals surface area contributed by atoms with Crippen molar-refractivity contribution in [3.63, 3.8) is 0 Å². The maximum atomic E-state index is 12.8. The van der Waals surface area contributed by atoms with Crippen LogP contribution in [0.2, 0.25) is 0 Å². The van der Waals surface area contributed by atoms with Gasteiger partial charge < -0.3 is 15.4 Å². The number of hydrogen-bond donors (Lipinski definition) is 2. The minimum absolute atomic E-state index is 0.0147. The summed E-state index contributed by atoms with van der Waals surface area (Å²) in [5, 5.41) is 5.55. The van der Waals surface area contributed by atoms with E-state index in [9.17, 15) is 14.0 Å². The van der Waals surface area contributed by atoms with Crippen molar-refractivity contribution in [2.24, 2.45) is 0 Å². The highest BCUT2D eigenvalue weighted by molar-refractivity contribution is 5.89. The number of carbonyl (C=O) groups excluding carboxylic acids is 2. The summed E-state index contributed by atoms with van der Waals surface area (Å²) in [6.07, 6.45) is 1.45. The van der Waals surface area contributed by atoms with Crippen LogP contribution in [0.3, 0.4) is 0 Å². The summed E-state index contributed by atoms with van der Waals surface area (Å²) in [6.45, 7) is 3.27. The summed E-state index contributed by atoms with van der Waals surface area (Å²) in [5.41, 5.74) is 0.534. The number of nitrogens with one attached hydrogen (secondary N) is 2. The average Bonchev–Trinajstić information content (AvgIpc) is 3.07. The Balaban J connectivity index is 1.49. The lowest BCUT2D eigenvalue weighted by molar-refractivity contribution is -0.144. The molecule has 23 heavy (non-hydrogen) atoms. The number of benzene rings is 1. The van der Waals surface area contributed by atoms with Crippen LogP contribution in [0.5, 0.6) is 0 Å². The van der Waals surface area contributed by atoms with Gasteiger partial charge in [0.1, 0.15) is 18.0 Å². The Labute approximate surface area is 134 Å². The second-order valence-corrected chi connectivity index (χ2v) is 6.08. The third-order valence-corrected chi connectivity index (χ3v) is 4.24. The summed E-state index contributed by atoms with van der Waals surface area (Å²) in [7, 11) is 0. The zero-order valence-corrected chi connectivity index (χ0v) is 12.9. The van der Waals surface area contributed by atoms with Gasteiger partial charge in [0.05, 0.1) is 0 Å². The number of anilines is 1. The molecule has 2 amide bonds. The van der Waals surface area contributed by atoms with Gasteiger partial charge in [-0.2, -0.15) is 0 Å². The van der Waals surface area contributed by atoms with E-state index in [1.165, 1.54) is 24.3 Å². The molecule has 2 saturated heterocycles. The van der Waals surface area contributed by atoms with Crippen LogP contribution in [0.15, 0.2) is 24.3 Å². The van der Waals surface area contributed by atoms with Crippen molar-refractivity contribution in [3.05, 3.63) is 30.1 Å². The van der Waals surface area contributed by atoms with E-state index in [-0.39, 0.29) is 36.0 Å². The van der Waals surface area contributed by atoms with E-state index in [2.05, 4.69) is 15.5 Å². The molecule has 0 radical (unpaired) electrons. The van der Waals surface area contributed by atoms with E-state index < -0.39 is 0 Å². The van der Waals surface area contributed by atoms with Crippen molar-refractivity contribution < 1.29 is 18.7 Å². The maximum Gasteiger partial charge on any atom is 0.323 e. The number of hydrogen-bond acceptors (Lipinski definition) is 4. The molecule has 6 nitrogen and oxygen atoms in total. The first-order valence-corrected chi connectivity index (χ1v) is 7.79. The maximum absolute atomic E-state index is 12.8. The van der Waals surface area contributed by atoms with Gasteiger partial charge in [0.25, 0.3) is 0 Å². The third kappa shape index (κ3) is 3.79. The summed E-state index contributed by atoms with van der Waals surface area (Å²) in [4.78, 5) is 25.8. The standard InChI is InChI=1S/C16H20FN3O3/c1-10-8-14(15(21)23-10)20-7-6-13(9-20)19-16(22)18-12-4-2-11(17)3-5-12/h2-5,10,13-14H,6-9H2,1H3,(H2,18,19,22)/t10-,13+,14+/m1/s1. The molecule has 0 spiro atoms. The lowest BCUT2D eigenvalue weighted by Gasteiger charge is -2.20. The van der Waals surface area contributed by atoms with Crippen LogP contribution < -0.4 is 10.6 Å². The summed E-state index contributed by atoms with van der Waals surface area (Å²) < 4.78 is 18.0. The molecular formula is C16H20FN3O3. The van der Waals surface area contributed by atoms with Gasteiger partial charge >= 0.3 is 12.0 Å². The Morgan fingerprint density at radius 2 is 2.09 bits per heavy atom. The fourth-order valence-corrected chi connectivity index (χ4v) is 3.11. The molecule has 2 fully saturated rings. The van der Waals surface area contributed by atoms with Crippen molar-refractivity contribution >= 4 is 17.7 Å². The Morgan fingerprint density at radius 1 is 1.35 bits per heavy atom. The molecule has 7 heteroatoms. The van der Waals surface area contributed by atoms with E-state index in [1.54, 1.807) is 0 Å². The van der Waals surface area contributed by atoms with Gasteiger partial charge in [0.15, 0.2) is 0 Å². The molecule has 0 saturated carbocycles. The van der Waals surface area contributed by atoms with Crippen LogP contribution in [-0.4, -0.2) is 48.2 Å². The number of urea groups is 1. The zero-order valence-electron chi connectivity index (χ0n) is 12.9. The molecule has 0 aromatic heterocycles. The number of cyclic esters (lactones) is 1. The topological polar surface area (TPSA) is 70.7 Å². The van der Waals surface area contributed by atoms with Crippen LogP contribution in [0.4, 0.5) is 14.9 Å². The quantitative estimate of drug-likeness (QED) is 0.832. The summed E-state index contributed by atoms with van der Waals surface area (Å²) >= 11 is 0. The molecule has 3 atom stereocenters. The van der Waals surface area contributed by atoms with Gasteiger partial charge in [-0.05, 0) is 37.6 Å². The molecule has 3 rings (SSSR count). The Morgan fingerprint density at radius 3 is 2.74 bits per heavy atom. The van der Waals surface area contributed by atoms with E-state index in [0.717, 1.165) is 13.0 Å². The van der Waals surface area contributed by atoms with Gasteiger partial charge in [0.2, 0.25) is 0 Å². The first-order chi connectivity index (χ1) is 11.0. The van der Waals surface area contributed by atoms with Crippen LogP contribution in [0, 0.1) is 5.82 Å². The molecule has 2 aliphatic rings. The fraction of sp³-hybridized carbons (Fsp3) is 0.500. The molecule has 124 valence electrons. The average molecular weight is 321 g/mol. The molecule has 1 aromatic carbocycles. The number of halogens is 1. The molecule has 2 N–H and O–H groups in total. The van der Waals surface area contributed by atoms with E-state index in [1.807, 2.05) is 6.92 Å². The van der Waals surface area contributed by atoms with Crippen molar-refractivity contribution in [2.75, 3.05) is 18.4 Å². The van der Waals surface area contributed by atoms with Crippen molar-refractivity contribution in [3.8, 4) is 0 Å². The first-order valence-electron chi connectivity index (χ1n) is 7.79. The second kappa shape index (κ2) is 6.54. The highest BCUT2D eigenvalue weighted by atomic mass is 19.1. The van der Waals surface area contributed by atoms with E-state index in [4.69, 9.17) is 4.74 Å². The number of ether oxygens (including phenoxy) is 1. The summed E-state index contributed by atoms with van der Waals surface area (Å²) in [5.74, 6) is -0.519. The first kappa shape index (κ1) is 15.7. The zero-order chi connectivity index (χ0) is 16.4. The van der Waals surface area contributed by atoms with Gasteiger partial charge in [-0.1, -0.05) is 0 Å². The minimum atomic E-state index is -0.347. The van der Waals surface area contributed by atoms with Crippen molar-refractivity contribution in [1.29, 1.82) is 0 Å². The van der Waals surface area contributed by atoms with Crippen LogP contribution >= 0.6 is 0 Å². The Kier molecular flexibility index (Phi) is 4.47. The SMILES string of the molecule is C[C@@H]1C[C@H](N2CC[C@H](NC(=O)Nc3ccc(F)cc3)C2)C(=O)O1. The monoisotopic (exact) mass is 321 g/mol. The Hall–Kier alpha value is -2.15. The van der Waals surface area contributed by atoms with Crippen LogP contribution in [0.1, 0.15) is 19.8 Å². The highest BCUT2D eigenvalue weighted by Crippen LogP contribution is 2.23. The van der Waals surface area contributed by atoms with Crippen molar-refractivity contribution in [2.45, 2.75) is 38.0 Å². The van der Waals surface area contributed by atoms with E-state index >= 15 is 0 Å². The molecule has 2 heterocycles. The largest absolute Gasteiger partial charge is 0.461 e. The number of esters is 1. The summed E-state index contributed by atoms with van der Waals surface area (Å²) in [6, 6.07) is 5.05. The predicted molar refractivity (Wildman–Crippen MR) is 82.5 cm³/mol. The second-order valence-electron chi connectivity index (χ2n) is 6.08. The predicted octanol–water partition coefficient (Wildman–Crippen LogP) is 1.73. The van der Waals surface area contributed by atoms with Crippen LogP contribution in [0.25, 0.3) is 0 Å². The van der Waals surface area contributed by atoms with Gasteiger partial charge in [-0.25, -0.2) is 9.18 Å². The molecule has 0 bridgehead atoms. The Bertz CT molecular complexity index is 593. The number of rotatable bonds is 3. The minimum Gasteiger partial charge on any atom is -0.461 e. The molecule has 0 unspecified atom stereocenters. The van der Waals surface area contributed by atoms with Gasteiger partial charge in [0, 0.05) is 31.2 Å². The fourth-order valence-electron chi connectivity index (χ4n) is 3.11. The third-order valence-electron chi connectivity index (χ3n) is 4.24. The lowest BCUT2D eigenvalue weighted by atomic mass is 10.1. The van der Waals surface area contributed by atoms with Crippen molar-refractivity contribution in [1.82, 2.24) is 10.2 Å². The molecular weight excluding hydrogens is 301 g/mol. The number of carbonyl (C=O) groups is 2. The smallest absolute Gasteiger partial charge is 0.323 e. The molecule has 2 aliphatic heterocycles. The van der Waals surface area contributed by atoms with Gasteiger partial charge in [-0.15, -0.1) is 0 Å². The molecule has 1 aromatic rings. The van der Waals surface area contributed by atoms with Gasteiger partial charge in [-0.3, -0.25) is 9.69 Å². The van der Waals surface area contributed by atoms with E-state index in [0.29, 0.717) is 18.7 Å². The number of amides is 2. The lowest BCUT2D eigenvalue weighted by Crippen LogP contribution is -2.42. The van der Waals surface area contributed by atoms with Crippen LogP contribution in [-0.2, 0) is 9.53 Å². The highest BCUT2D eigenvalue weighted by Gasteiger charge is 2.39.